The largest absolute Gasteiger partial charge is 0.868 e. The van der Waals surface area contributed by atoms with Gasteiger partial charge in [0.2, 0.25) is 11.7 Å². The molecule has 4 rings (SSSR count). The number of furan rings is 1. The van der Waals surface area contributed by atoms with Gasteiger partial charge in [0.1, 0.15) is 5.58 Å². The van der Waals surface area contributed by atoms with Crippen molar-refractivity contribution in [3.63, 3.8) is 0 Å². The molecule has 6 heteroatoms. The lowest BCUT2D eigenvalue weighted by molar-refractivity contribution is -0.858. The Morgan fingerprint density at radius 1 is 1.09 bits per heavy atom. The van der Waals surface area contributed by atoms with Gasteiger partial charge in [-0.05, 0) is 34.4 Å². The monoisotopic (exact) mass is 460 g/mol. The molecule has 1 unspecified atom stereocenters. The van der Waals surface area contributed by atoms with Gasteiger partial charge in [0.05, 0.1) is 26.7 Å². The molecule has 0 radical (unpaired) electrons. The third-order valence-electron chi connectivity index (χ3n) is 6.35. The predicted molar refractivity (Wildman–Crippen MR) is 129 cm³/mol. The molecule has 1 aliphatic heterocycles. The van der Waals surface area contributed by atoms with Crippen molar-refractivity contribution in [2.75, 3.05) is 27.2 Å². The van der Waals surface area contributed by atoms with Gasteiger partial charge in [0.25, 0.3) is 0 Å². The Kier molecular flexibility index (Phi) is 6.36. The number of carbonyl (C=O) groups excluding carboxylic acids is 2. The Bertz CT molecular complexity index is 1210. The second-order valence-corrected chi connectivity index (χ2v) is 10.3. The summed E-state index contributed by atoms with van der Waals surface area (Å²) in [6, 6.07) is 16.1. The van der Waals surface area contributed by atoms with Crippen LogP contribution in [-0.2, 0) is 10.2 Å². The van der Waals surface area contributed by atoms with Crippen LogP contribution < -0.4 is 10.0 Å². The molecule has 1 aliphatic rings. The average molecular weight is 461 g/mol. The molecule has 6 nitrogen and oxygen atoms in total. The molecular formula is C28H32N2O4. The van der Waals surface area contributed by atoms with E-state index in [0.717, 1.165) is 29.5 Å². The Labute approximate surface area is 200 Å². The zero-order chi connectivity index (χ0) is 24.6. The van der Waals surface area contributed by atoms with Crippen molar-refractivity contribution in [2.45, 2.75) is 38.6 Å². The Morgan fingerprint density at radius 3 is 2.38 bits per heavy atom. The van der Waals surface area contributed by atoms with Crippen LogP contribution in [0.2, 0.25) is 0 Å². The minimum Gasteiger partial charge on any atom is -0.868 e. The lowest BCUT2D eigenvalue weighted by atomic mass is 9.85. The van der Waals surface area contributed by atoms with Gasteiger partial charge in [-0.25, -0.2) is 0 Å². The molecule has 1 amide bonds. The summed E-state index contributed by atoms with van der Waals surface area (Å²) in [5, 5.41) is 13.9. The number of fused-ring (bicyclic) bond motifs is 1. The maximum absolute atomic E-state index is 13.6. The number of hydrogen-bond acceptors (Lipinski definition) is 4. The lowest BCUT2D eigenvalue weighted by Crippen LogP contribution is -3.05. The summed E-state index contributed by atoms with van der Waals surface area (Å²) < 4.78 is 5.77. The molecule has 0 spiro atoms. The topological polar surface area (TPSA) is 78.0 Å². The van der Waals surface area contributed by atoms with Crippen LogP contribution in [-0.4, -0.2) is 43.8 Å². The van der Waals surface area contributed by atoms with Crippen LogP contribution in [0.4, 0.5) is 0 Å². The third kappa shape index (κ3) is 4.50. The molecule has 1 atom stereocenters. The number of quaternary nitrogens is 1. The van der Waals surface area contributed by atoms with E-state index in [1.807, 2.05) is 56.6 Å². The van der Waals surface area contributed by atoms with Gasteiger partial charge in [-0.2, -0.15) is 0 Å². The number of para-hydroxylation sites is 1. The minimum absolute atomic E-state index is 0.0370. The minimum atomic E-state index is -0.743. The fourth-order valence-corrected chi connectivity index (χ4v) is 4.44. The van der Waals surface area contributed by atoms with E-state index in [-0.39, 0.29) is 16.7 Å². The van der Waals surface area contributed by atoms with Crippen LogP contribution in [0.3, 0.4) is 0 Å². The Morgan fingerprint density at radius 2 is 1.76 bits per heavy atom. The first-order chi connectivity index (χ1) is 16.1. The number of carbonyl (C=O) groups is 2. The first kappa shape index (κ1) is 23.8. The molecule has 178 valence electrons. The maximum atomic E-state index is 13.6. The van der Waals surface area contributed by atoms with Crippen LogP contribution in [0.5, 0.6) is 0 Å². The Balaban J connectivity index is 1.75. The van der Waals surface area contributed by atoms with Gasteiger partial charge >= 0.3 is 0 Å². The quantitative estimate of drug-likeness (QED) is 0.550. The van der Waals surface area contributed by atoms with E-state index in [0.29, 0.717) is 12.1 Å². The molecule has 1 N–H and O–H groups in total. The molecule has 2 heterocycles. The highest BCUT2D eigenvalue weighted by Gasteiger charge is 2.40. The van der Waals surface area contributed by atoms with Gasteiger partial charge in [0, 0.05) is 23.9 Å². The molecule has 0 bridgehead atoms. The second-order valence-electron chi connectivity index (χ2n) is 10.3. The fourth-order valence-electron chi connectivity index (χ4n) is 4.44. The molecule has 3 aromatic rings. The SMILES string of the molecule is C[NH+](C)CCCN1C(=O)C([O-])=C(C(=O)c2cc3ccccc3o2)C1c1ccc(C(C)(C)C)cc1. The van der Waals surface area contributed by atoms with E-state index in [4.69, 9.17) is 4.42 Å². The van der Waals surface area contributed by atoms with Crippen molar-refractivity contribution in [1.82, 2.24) is 4.90 Å². The van der Waals surface area contributed by atoms with E-state index >= 15 is 0 Å². The van der Waals surface area contributed by atoms with E-state index in [1.165, 1.54) is 4.90 Å². The number of amides is 1. The van der Waals surface area contributed by atoms with Crippen LogP contribution in [0.1, 0.15) is 54.9 Å². The zero-order valence-electron chi connectivity index (χ0n) is 20.5. The fraction of sp³-hybridized carbons (Fsp3) is 0.357. The number of hydrogen-bond donors (Lipinski definition) is 1. The van der Waals surface area contributed by atoms with Crippen LogP contribution >= 0.6 is 0 Å². The van der Waals surface area contributed by atoms with Crippen molar-refractivity contribution < 1.29 is 24.0 Å². The van der Waals surface area contributed by atoms with Crippen LogP contribution in [0.25, 0.3) is 11.0 Å². The van der Waals surface area contributed by atoms with Gasteiger partial charge < -0.3 is 19.3 Å². The normalized spacial score (nSPS) is 16.8. The van der Waals surface area contributed by atoms with E-state index < -0.39 is 23.5 Å². The number of ketones is 1. The van der Waals surface area contributed by atoms with Gasteiger partial charge in [-0.15, -0.1) is 0 Å². The molecular weight excluding hydrogens is 428 g/mol. The summed E-state index contributed by atoms with van der Waals surface area (Å²) in [6.45, 7) is 7.63. The smallest absolute Gasteiger partial charge is 0.239 e. The molecule has 0 saturated carbocycles. The number of benzene rings is 2. The number of Topliss-reactive ketones (excluding diaryl/α,β-unsaturated/α-hetero) is 1. The van der Waals surface area contributed by atoms with E-state index in [2.05, 4.69) is 20.8 Å². The van der Waals surface area contributed by atoms with E-state index in [1.54, 1.807) is 17.0 Å². The first-order valence-electron chi connectivity index (χ1n) is 11.7. The summed E-state index contributed by atoms with van der Waals surface area (Å²) in [5.74, 6) is -1.82. The molecule has 0 fully saturated rings. The number of nitrogens with one attached hydrogen (secondary N) is 1. The highest BCUT2D eigenvalue weighted by Crippen LogP contribution is 2.39. The second kappa shape index (κ2) is 9.11. The van der Waals surface area contributed by atoms with Crippen LogP contribution in [0, 0.1) is 0 Å². The van der Waals surface area contributed by atoms with Crippen molar-refractivity contribution in [1.29, 1.82) is 0 Å². The molecule has 1 aromatic heterocycles. The van der Waals surface area contributed by atoms with Crippen molar-refractivity contribution in [3.8, 4) is 0 Å². The Hall–Kier alpha value is -3.38. The lowest BCUT2D eigenvalue weighted by Gasteiger charge is -2.28. The molecule has 34 heavy (non-hydrogen) atoms. The summed E-state index contributed by atoms with van der Waals surface area (Å²) in [4.78, 5) is 29.5. The van der Waals surface area contributed by atoms with Gasteiger partial charge in [-0.1, -0.05) is 63.2 Å². The number of rotatable bonds is 7. The van der Waals surface area contributed by atoms with Crippen molar-refractivity contribution in [2.24, 2.45) is 0 Å². The summed E-state index contributed by atoms with van der Waals surface area (Å²) in [7, 11) is 4.09. The molecule has 0 saturated heterocycles. The maximum Gasteiger partial charge on any atom is 0.239 e. The van der Waals surface area contributed by atoms with Gasteiger partial charge in [-0.3, -0.25) is 9.59 Å². The molecule has 0 aliphatic carbocycles. The van der Waals surface area contributed by atoms with Crippen molar-refractivity contribution in [3.05, 3.63) is 82.8 Å². The summed E-state index contributed by atoms with van der Waals surface area (Å²) >= 11 is 0. The summed E-state index contributed by atoms with van der Waals surface area (Å²) in [5.41, 5.74) is 2.39. The highest BCUT2D eigenvalue weighted by molar-refractivity contribution is 6.15. The number of nitrogens with zero attached hydrogens (tertiary/aromatic N) is 1. The zero-order valence-corrected chi connectivity index (χ0v) is 20.5. The molecule has 2 aromatic carbocycles. The third-order valence-corrected chi connectivity index (χ3v) is 6.35. The van der Waals surface area contributed by atoms with E-state index in [9.17, 15) is 14.7 Å². The highest BCUT2D eigenvalue weighted by atomic mass is 16.3. The van der Waals surface area contributed by atoms with Gasteiger partial charge in [0.15, 0.2) is 5.76 Å². The summed E-state index contributed by atoms with van der Waals surface area (Å²) in [6.07, 6.45) is 0.726. The first-order valence-corrected chi connectivity index (χ1v) is 11.7. The van der Waals surface area contributed by atoms with Crippen molar-refractivity contribution >= 4 is 22.7 Å². The van der Waals surface area contributed by atoms with Crippen LogP contribution in [0.15, 0.2) is 70.3 Å². The average Bonchev–Trinajstić information content (AvgIpc) is 3.33. The predicted octanol–water partition coefficient (Wildman–Crippen LogP) is 2.65. The standard InChI is InChI=1S/C28H32N2O4/c1-28(2,3)20-13-11-18(12-14-20)24-23(26(32)27(33)30(24)16-8-15-29(4)5)25(31)22-17-19-9-6-7-10-21(19)34-22/h6-7,9-14,17,24,32H,8,15-16H2,1-5H3.